The van der Waals surface area contributed by atoms with Gasteiger partial charge in [0.1, 0.15) is 17.6 Å². The lowest BCUT2D eigenvalue weighted by atomic mass is 9.84. The maximum atomic E-state index is 11.6. The minimum absolute atomic E-state index is 0.0292. The van der Waals surface area contributed by atoms with Gasteiger partial charge in [0, 0.05) is 42.5 Å². The number of nitrogens with one attached hydrogen (secondary N) is 2. The van der Waals surface area contributed by atoms with Crippen LogP contribution in [0.25, 0.3) is 11.1 Å². The molecular formula is C30H35N7O. The number of carbonyl (C=O) groups excluding carboxylic acids is 1. The van der Waals surface area contributed by atoms with Gasteiger partial charge in [-0.1, -0.05) is 25.0 Å². The summed E-state index contributed by atoms with van der Waals surface area (Å²) in [5, 5.41) is 16.8. The number of piperidine rings is 1. The van der Waals surface area contributed by atoms with Gasteiger partial charge in [-0.15, -0.1) is 0 Å². The second-order valence-electron chi connectivity index (χ2n) is 10.8. The van der Waals surface area contributed by atoms with Gasteiger partial charge in [0.05, 0.1) is 11.9 Å². The van der Waals surface area contributed by atoms with E-state index < -0.39 is 5.91 Å². The molecule has 196 valence electrons. The first kappa shape index (κ1) is 25.7. The van der Waals surface area contributed by atoms with Crippen LogP contribution in [0, 0.1) is 11.3 Å². The molecule has 5 rings (SSSR count). The van der Waals surface area contributed by atoms with Gasteiger partial charge in [0.2, 0.25) is 5.91 Å². The number of nitrogens with zero attached hydrogens (tertiary/aromatic N) is 4. The molecule has 0 unspecified atom stereocenters. The van der Waals surface area contributed by atoms with Crippen LogP contribution in [0.4, 0.5) is 11.5 Å². The van der Waals surface area contributed by atoms with Crippen molar-refractivity contribution in [2.45, 2.75) is 63.1 Å². The summed E-state index contributed by atoms with van der Waals surface area (Å²) in [5.41, 5.74) is 9.40. The molecule has 3 aromatic rings. The first-order valence-corrected chi connectivity index (χ1v) is 13.4. The molecule has 4 N–H and O–H groups in total. The highest BCUT2D eigenvalue weighted by atomic mass is 16.1. The van der Waals surface area contributed by atoms with Crippen molar-refractivity contribution in [2.75, 3.05) is 23.3 Å². The molecule has 1 saturated heterocycles. The summed E-state index contributed by atoms with van der Waals surface area (Å²) in [5.74, 6) is 0.408. The zero-order valence-corrected chi connectivity index (χ0v) is 21.9. The fourth-order valence-corrected chi connectivity index (χ4v) is 5.87. The van der Waals surface area contributed by atoms with Crippen molar-refractivity contribution in [2.24, 2.45) is 5.73 Å². The van der Waals surface area contributed by atoms with E-state index in [1.54, 1.807) is 12.1 Å². The summed E-state index contributed by atoms with van der Waals surface area (Å²) in [6, 6.07) is 17.9. The van der Waals surface area contributed by atoms with E-state index in [4.69, 9.17) is 11.0 Å². The molecular weight excluding hydrogens is 474 g/mol. The second-order valence-corrected chi connectivity index (χ2v) is 10.8. The summed E-state index contributed by atoms with van der Waals surface area (Å²) in [6.07, 6.45) is 10.4. The van der Waals surface area contributed by atoms with Gasteiger partial charge < -0.3 is 21.3 Å². The maximum absolute atomic E-state index is 11.6. The third kappa shape index (κ3) is 5.95. The molecule has 0 spiro atoms. The van der Waals surface area contributed by atoms with E-state index in [0.717, 1.165) is 61.4 Å². The molecule has 1 aliphatic heterocycles. The predicted octanol–water partition coefficient (Wildman–Crippen LogP) is 4.49. The van der Waals surface area contributed by atoms with E-state index in [2.05, 4.69) is 38.5 Å². The number of primary amides is 1. The van der Waals surface area contributed by atoms with Gasteiger partial charge in [0.25, 0.3) is 0 Å². The van der Waals surface area contributed by atoms with Crippen LogP contribution in [0.3, 0.4) is 0 Å². The topological polar surface area (TPSA) is 120 Å². The summed E-state index contributed by atoms with van der Waals surface area (Å²) < 4.78 is 0. The van der Waals surface area contributed by atoms with E-state index in [9.17, 15) is 4.79 Å². The molecule has 2 fully saturated rings. The van der Waals surface area contributed by atoms with Crippen LogP contribution in [0.2, 0.25) is 0 Å². The van der Waals surface area contributed by atoms with Crippen molar-refractivity contribution < 1.29 is 4.79 Å². The first-order chi connectivity index (χ1) is 18.4. The average Bonchev–Trinajstić information content (AvgIpc) is 2.94. The molecule has 0 radical (unpaired) electrons. The number of nitrogens with two attached hydrogens (primary N) is 1. The number of rotatable bonds is 7. The van der Waals surface area contributed by atoms with E-state index >= 15 is 0 Å². The molecule has 1 aromatic carbocycles. The van der Waals surface area contributed by atoms with E-state index in [1.807, 2.05) is 48.8 Å². The molecule has 1 aliphatic carbocycles. The van der Waals surface area contributed by atoms with Gasteiger partial charge in [-0.05, 0) is 80.1 Å². The third-order valence-electron chi connectivity index (χ3n) is 7.80. The monoisotopic (exact) mass is 509 g/mol. The normalized spacial score (nSPS) is 23.4. The molecule has 8 nitrogen and oxygen atoms in total. The summed E-state index contributed by atoms with van der Waals surface area (Å²) >= 11 is 0. The molecule has 1 saturated carbocycles. The zero-order valence-electron chi connectivity index (χ0n) is 21.9. The van der Waals surface area contributed by atoms with E-state index in [1.165, 1.54) is 12.8 Å². The number of benzene rings is 1. The number of aromatic nitrogens is 2. The Hall–Kier alpha value is -3.96. The minimum atomic E-state index is -0.430. The van der Waals surface area contributed by atoms with Crippen LogP contribution in [-0.2, 0) is 0 Å². The number of carbonyl (C=O) groups is 1. The van der Waals surface area contributed by atoms with Crippen molar-refractivity contribution in [1.82, 2.24) is 15.3 Å². The number of amides is 1. The number of hydrogen-bond acceptors (Lipinski definition) is 7. The lowest BCUT2D eigenvalue weighted by molar-refractivity contribution is 0.100. The molecule has 2 aromatic heterocycles. The van der Waals surface area contributed by atoms with E-state index in [0.29, 0.717) is 17.3 Å². The Kier molecular flexibility index (Phi) is 7.57. The molecule has 38 heavy (non-hydrogen) atoms. The fraction of sp³-hybridized carbons (Fsp3) is 0.400. The Labute approximate surface area is 224 Å². The van der Waals surface area contributed by atoms with Crippen LogP contribution in [-0.4, -0.2) is 46.6 Å². The van der Waals surface area contributed by atoms with Crippen LogP contribution >= 0.6 is 0 Å². The molecule has 0 bridgehead atoms. The summed E-state index contributed by atoms with van der Waals surface area (Å²) in [7, 11) is 0. The highest BCUT2D eigenvalue weighted by Gasteiger charge is 2.36. The van der Waals surface area contributed by atoms with Crippen LogP contribution in [0.5, 0.6) is 0 Å². The second kappa shape index (κ2) is 11.2. The first-order valence-electron chi connectivity index (χ1n) is 13.4. The number of hydrogen-bond donors (Lipinski definition) is 3. The van der Waals surface area contributed by atoms with Crippen molar-refractivity contribution in [1.29, 1.82) is 5.26 Å². The minimum Gasteiger partial charge on any atom is -0.368 e. The van der Waals surface area contributed by atoms with Gasteiger partial charge in [-0.2, -0.15) is 5.26 Å². The van der Waals surface area contributed by atoms with Crippen LogP contribution in [0.1, 0.15) is 61.5 Å². The van der Waals surface area contributed by atoms with Crippen molar-refractivity contribution in [3.63, 3.8) is 0 Å². The van der Waals surface area contributed by atoms with Crippen molar-refractivity contribution in [3.05, 3.63) is 72.2 Å². The van der Waals surface area contributed by atoms with Gasteiger partial charge in [-0.3, -0.25) is 4.79 Å². The zero-order chi connectivity index (χ0) is 26.5. The molecule has 3 heterocycles. The fourth-order valence-electron chi connectivity index (χ4n) is 5.87. The third-order valence-corrected chi connectivity index (χ3v) is 7.80. The Balaban J connectivity index is 1.28. The van der Waals surface area contributed by atoms with Crippen LogP contribution < -0.4 is 21.3 Å². The predicted molar refractivity (Wildman–Crippen MR) is 150 cm³/mol. The highest BCUT2D eigenvalue weighted by molar-refractivity contribution is 5.94. The lowest BCUT2D eigenvalue weighted by Gasteiger charge is -2.46. The SMILES string of the molecule is C[C@]1(N[C@@H]2CCCC[C@H]2Nc2cc(-c3cccc(C(N)=O)c3)ccn2)CCCN(c2ccc(C#N)nc2)C1. The smallest absolute Gasteiger partial charge is 0.248 e. The maximum Gasteiger partial charge on any atom is 0.248 e. The Morgan fingerprint density at radius 1 is 1.08 bits per heavy atom. The van der Waals surface area contributed by atoms with Gasteiger partial charge in [-0.25, -0.2) is 9.97 Å². The van der Waals surface area contributed by atoms with Gasteiger partial charge >= 0.3 is 0 Å². The Morgan fingerprint density at radius 2 is 1.89 bits per heavy atom. The molecule has 1 amide bonds. The number of pyridine rings is 2. The quantitative estimate of drug-likeness (QED) is 0.429. The number of nitriles is 1. The highest BCUT2D eigenvalue weighted by Crippen LogP contribution is 2.30. The summed E-state index contributed by atoms with van der Waals surface area (Å²) in [6.45, 7) is 4.21. The number of anilines is 2. The lowest BCUT2D eigenvalue weighted by Crippen LogP contribution is -2.61. The molecule has 3 atom stereocenters. The molecule has 2 aliphatic rings. The Bertz CT molecular complexity index is 1320. The van der Waals surface area contributed by atoms with Crippen molar-refractivity contribution in [3.8, 4) is 17.2 Å². The van der Waals surface area contributed by atoms with Crippen molar-refractivity contribution >= 4 is 17.4 Å². The summed E-state index contributed by atoms with van der Waals surface area (Å²) in [4.78, 5) is 22.9. The molecule has 8 heteroatoms. The average molecular weight is 510 g/mol. The standard InChI is InChI=1S/C30H35N7O/c1-30(13-5-15-37(20-30)25-11-10-24(18-31)34-19-25)36-27-9-3-2-8-26(27)35-28-17-22(12-14-33-28)21-6-4-7-23(16-21)29(32)38/h4,6-7,10-12,14,16-17,19,26-27,36H,2-3,5,8-9,13,15,20H2,1H3,(H2,32,38)(H,33,35)/t26-,27-,30+/m1/s1. The van der Waals surface area contributed by atoms with Crippen LogP contribution in [0.15, 0.2) is 60.9 Å². The van der Waals surface area contributed by atoms with E-state index in [-0.39, 0.29) is 11.6 Å². The van der Waals surface area contributed by atoms with Gasteiger partial charge in [0.15, 0.2) is 0 Å². The Morgan fingerprint density at radius 3 is 2.66 bits per heavy atom. The largest absolute Gasteiger partial charge is 0.368 e.